The molecule has 230 valence electrons. The van der Waals surface area contributed by atoms with Crippen molar-refractivity contribution in [2.24, 2.45) is 0 Å². The highest BCUT2D eigenvalue weighted by atomic mass is 19.1. The van der Waals surface area contributed by atoms with Gasteiger partial charge in [0.1, 0.15) is 23.8 Å². The highest BCUT2D eigenvalue weighted by Gasteiger charge is 2.34. The zero-order valence-electron chi connectivity index (χ0n) is 26.3. The first-order valence-electron chi connectivity index (χ1n) is 15.1. The minimum absolute atomic E-state index is 0.0303. The van der Waals surface area contributed by atoms with Gasteiger partial charge in [-0.05, 0) is 69.4 Å². The van der Waals surface area contributed by atoms with Gasteiger partial charge in [-0.3, -0.25) is 9.55 Å². The second kappa shape index (κ2) is 10.9. The molecule has 2 aromatic carbocycles. The molecule has 9 nitrogen and oxygen atoms in total. The number of carbonyl (C=O) groups excluding carboxylic acids is 1. The maximum Gasteiger partial charge on any atom is 0.410 e. The lowest BCUT2D eigenvalue weighted by Crippen LogP contribution is -2.55. The van der Waals surface area contributed by atoms with Crippen molar-refractivity contribution in [2.45, 2.75) is 72.6 Å². The summed E-state index contributed by atoms with van der Waals surface area (Å²) in [6.45, 7) is 14.8. The predicted molar refractivity (Wildman–Crippen MR) is 168 cm³/mol. The highest BCUT2D eigenvalue weighted by Crippen LogP contribution is 2.45. The van der Waals surface area contributed by atoms with Crippen LogP contribution in [-0.2, 0) is 11.3 Å². The number of hydrogen-bond donors (Lipinski definition) is 0. The summed E-state index contributed by atoms with van der Waals surface area (Å²) >= 11 is 0. The summed E-state index contributed by atoms with van der Waals surface area (Å²) in [4.78, 5) is 39.8. The predicted octanol–water partition coefficient (Wildman–Crippen LogP) is 6.36. The molecule has 6 rings (SSSR count). The number of aryl methyl sites for hydroxylation is 1. The largest absolute Gasteiger partial charge is 0.488 e. The minimum Gasteiger partial charge on any atom is -0.488 e. The second-order valence-corrected chi connectivity index (χ2v) is 12.9. The Morgan fingerprint density at radius 1 is 1.16 bits per heavy atom. The Labute approximate surface area is 256 Å². The molecule has 0 unspecified atom stereocenters. The Balaban J connectivity index is 1.58. The number of piperazine rings is 1. The summed E-state index contributed by atoms with van der Waals surface area (Å²) in [6, 6.07) is 11.0. The summed E-state index contributed by atoms with van der Waals surface area (Å²) in [6.07, 6.45) is 1.31. The molecule has 4 aromatic rings. The number of halogens is 1. The molecule has 1 atom stereocenters. The van der Waals surface area contributed by atoms with E-state index in [9.17, 15) is 9.59 Å². The monoisotopic (exact) mass is 599 g/mol. The molecule has 2 aromatic heterocycles. The van der Waals surface area contributed by atoms with Gasteiger partial charge in [-0.25, -0.2) is 14.0 Å². The topological polar surface area (TPSA) is 89.8 Å². The third-order valence-corrected chi connectivity index (χ3v) is 8.21. The van der Waals surface area contributed by atoms with Crippen molar-refractivity contribution >= 4 is 22.8 Å². The fraction of sp³-hybridized carbons (Fsp3) is 0.412. The van der Waals surface area contributed by atoms with Crippen LogP contribution in [0.1, 0.15) is 64.3 Å². The van der Waals surface area contributed by atoms with Gasteiger partial charge in [-0.1, -0.05) is 38.1 Å². The lowest BCUT2D eigenvalue weighted by atomic mass is 9.94. The van der Waals surface area contributed by atoms with E-state index >= 15 is 4.39 Å². The molecule has 2 aliphatic heterocycles. The van der Waals surface area contributed by atoms with E-state index < -0.39 is 23.2 Å². The molecule has 0 aliphatic carbocycles. The van der Waals surface area contributed by atoms with Crippen LogP contribution in [0.15, 0.2) is 47.4 Å². The SMILES string of the molecule is Cc1ccnc(C(C)C)c1-n1c(=O)nc(N2CCN(C(=O)OC(C)(C)C)C[C@@H]2C)c2cc3c(c(F)c21)-c1ccccc1CO3. The molecule has 0 bridgehead atoms. The number of pyridine rings is 1. The van der Waals surface area contributed by atoms with Crippen LogP contribution >= 0.6 is 0 Å². The van der Waals surface area contributed by atoms with Crippen molar-refractivity contribution in [3.8, 4) is 22.6 Å². The van der Waals surface area contributed by atoms with E-state index in [2.05, 4.69) is 9.97 Å². The molecule has 0 radical (unpaired) electrons. The van der Waals surface area contributed by atoms with Crippen LogP contribution in [0.5, 0.6) is 5.75 Å². The molecule has 1 fully saturated rings. The fourth-order valence-corrected chi connectivity index (χ4v) is 6.19. The van der Waals surface area contributed by atoms with E-state index in [1.165, 1.54) is 4.57 Å². The van der Waals surface area contributed by atoms with Crippen LogP contribution in [0.2, 0.25) is 0 Å². The van der Waals surface area contributed by atoms with Crippen LogP contribution in [0, 0.1) is 12.7 Å². The number of hydrogen-bond acceptors (Lipinski definition) is 7. The number of fused-ring (bicyclic) bond motifs is 4. The average molecular weight is 600 g/mol. The van der Waals surface area contributed by atoms with Crippen LogP contribution in [-0.4, -0.2) is 56.8 Å². The Bertz CT molecular complexity index is 1840. The quantitative estimate of drug-likeness (QED) is 0.271. The maximum absolute atomic E-state index is 17.2. The smallest absolute Gasteiger partial charge is 0.410 e. The normalized spacial score (nSPS) is 16.5. The van der Waals surface area contributed by atoms with Crippen molar-refractivity contribution in [2.75, 3.05) is 24.5 Å². The number of rotatable bonds is 3. The summed E-state index contributed by atoms with van der Waals surface area (Å²) in [5, 5.41) is 0.454. The van der Waals surface area contributed by atoms with Gasteiger partial charge in [-0.2, -0.15) is 4.98 Å². The highest BCUT2D eigenvalue weighted by molar-refractivity contribution is 5.98. The molecular formula is C34H38FN5O4. The van der Waals surface area contributed by atoms with E-state index in [1.807, 2.05) is 83.7 Å². The maximum atomic E-state index is 17.2. The lowest BCUT2D eigenvalue weighted by Gasteiger charge is -2.41. The van der Waals surface area contributed by atoms with Crippen LogP contribution in [0.4, 0.5) is 15.0 Å². The van der Waals surface area contributed by atoms with Gasteiger partial charge < -0.3 is 19.3 Å². The molecule has 2 aliphatic rings. The Morgan fingerprint density at radius 2 is 1.91 bits per heavy atom. The van der Waals surface area contributed by atoms with Crippen LogP contribution < -0.4 is 15.3 Å². The zero-order valence-corrected chi connectivity index (χ0v) is 26.3. The first-order chi connectivity index (χ1) is 20.9. The summed E-state index contributed by atoms with van der Waals surface area (Å²) in [5.74, 6) is 0.170. The van der Waals surface area contributed by atoms with Gasteiger partial charge in [-0.15, -0.1) is 0 Å². The number of anilines is 1. The molecule has 44 heavy (non-hydrogen) atoms. The number of ether oxygens (including phenoxy) is 2. The average Bonchev–Trinajstić information content (AvgIpc) is 2.96. The van der Waals surface area contributed by atoms with E-state index in [1.54, 1.807) is 17.2 Å². The Kier molecular flexibility index (Phi) is 7.34. The molecule has 1 saturated heterocycles. The molecule has 0 saturated carbocycles. The number of carbonyl (C=O) groups is 1. The van der Waals surface area contributed by atoms with Crippen LogP contribution in [0.3, 0.4) is 0 Å². The minimum atomic E-state index is -0.617. The number of amides is 1. The van der Waals surface area contributed by atoms with Crippen molar-refractivity contribution in [3.63, 3.8) is 0 Å². The van der Waals surface area contributed by atoms with E-state index in [4.69, 9.17) is 9.47 Å². The molecule has 0 spiro atoms. The Morgan fingerprint density at radius 3 is 2.61 bits per heavy atom. The molecule has 0 N–H and O–H groups in total. The second-order valence-electron chi connectivity index (χ2n) is 12.9. The fourth-order valence-electron chi connectivity index (χ4n) is 6.19. The third-order valence-electron chi connectivity index (χ3n) is 8.21. The summed E-state index contributed by atoms with van der Waals surface area (Å²) in [7, 11) is 0. The summed E-state index contributed by atoms with van der Waals surface area (Å²) < 4.78 is 30.3. The third kappa shape index (κ3) is 5.06. The van der Waals surface area contributed by atoms with Gasteiger partial charge >= 0.3 is 11.8 Å². The summed E-state index contributed by atoms with van der Waals surface area (Å²) in [5.41, 5.74) is 2.82. The van der Waals surface area contributed by atoms with Gasteiger partial charge in [0.15, 0.2) is 5.82 Å². The van der Waals surface area contributed by atoms with Crippen molar-refractivity contribution < 1.29 is 18.7 Å². The molecule has 1 amide bonds. The number of benzene rings is 2. The first kappa shape index (κ1) is 29.6. The molecular weight excluding hydrogens is 561 g/mol. The molecule has 10 heteroatoms. The standard InChI is InChI=1S/C34H38FN5O4/c1-19(2)28-29(20(3)12-13-36-28)40-30-24(16-25-26(27(30)35)23-11-9-8-10-22(23)18-43-25)31(37-32(40)41)39-15-14-38(17-21(39)4)33(42)44-34(5,6)7/h8-13,16,19,21H,14-15,17-18H2,1-7H3/t21-/m0/s1. The molecule has 4 heterocycles. The van der Waals surface area contributed by atoms with Gasteiger partial charge in [0.05, 0.1) is 22.5 Å². The number of nitrogens with zero attached hydrogens (tertiary/aromatic N) is 5. The number of aromatic nitrogens is 3. The van der Waals surface area contributed by atoms with E-state index in [0.717, 1.165) is 16.7 Å². The lowest BCUT2D eigenvalue weighted by molar-refractivity contribution is 0.0218. The van der Waals surface area contributed by atoms with Gasteiger partial charge in [0.2, 0.25) is 0 Å². The van der Waals surface area contributed by atoms with Crippen molar-refractivity contribution in [1.29, 1.82) is 0 Å². The van der Waals surface area contributed by atoms with E-state index in [-0.39, 0.29) is 17.5 Å². The van der Waals surface area contributed by atoms with Crippen LogP contribution in [0.25, 0.3) is 27.7 Å². The Hall–Kier alpha value is -4.47. The van der Waals surface area contributed by atoms with E-state index in [0.29, 0.717) is 60.1 Å². The first-order valence-corrected chi connectivity index (χ1v) is 15.1. The van der Waals surface area contributed by atoms with Crippen molar-refractivity contribution in [3.05, 3.63) is 75.7 Å². The van der Waals surface area contributed by atoms with Crippen molar-refractivity contribution in [1.82, 2.24) is 19.4 Å². The van der Waals surface area contributed by atoms with Gasteiger partial charge in [0, 0.05) is 37.3 Å². The zero-order chi connectivity index (χ0) is 31.5. The van der Waals surface area contributed by atoms with Gasteiger partial charge in [0.25, 0.3) is 0 Å².